The summed E-state index contributed by atoms with van der Waals surface area (Å²) in [6.45, 7) is 12.3. The molecule has 2 N–H and O–H groups in total. The van der Waals surface area contributed by atoms with Crippen LogP contribution in [0.3, 0.4) is 0 Å². The lowest BCUT2D eigenvalue weighted by Crippen LogP contribution is -2.56. The van der Waals surface area contributed by atoms with Gasteiger partial charge in [0.2, 0.25) is 0 Å². The van der Waals surface area contributed by atoms with Crippen molar-refractivity contribution in [2.45, 2.75) is 96.2 Å². The van der Waals surface area contributed by atoms with Gasteiger partial charge >= 0.3 is 0 Å². The Kier molecular flexibility index (Phi) is 8.50. The van der Waals surface area contributed by atoms with Crippen molar-refractivity contribution < 1.29 is 18.6 Å². The van der Waals surface area contributed by atoms with Gasteiger partial charge in [0.1, 0.15) is 5.60 Å². The molecule has 0 spiro atoms. The second-order valence-corrected chi connectivity index (χ2v) is 14.1. The molecule has 6 rings (SSSR count). The van der Waals surface area contributed by atoms with Crippen molar-refractivity contribution in [2.24, 2.45) is 40.2 Å². The fraction of sp³-hybridized carbons (Fsp3) is 0.879. The predicted molar refractivity (Wildman–Crippen MR) is 153 cm³/mol. The Bertz CT molecular complexity index is 919. The molecule has 0 bridgehead atoms. The van der Waals surface area contributed by atoms with E-state index in [4.69, 9.17) is 24.4 Å². The average molecular weight is 543 g/mol. The maximum absolute atomic E-state index is 6.76. The average Bonchev–Trinajstić information content (AvgIpc) is 3.71. The molecule has 5 fully saturated rings. The highest BCUT2D eigenvalue weighted by Gasteiger charge is 2.66. The number of furan rings is 1. The van der Waals surface area contributed by atoms with Crippen LogP contribution in [-0.4, -0.2) is 63.6 Å². The highest BCUT2D eigenvalue weighted by Crippen LogP contribution is 2.71. The molecule has 1 aromatic heterocycles. The van der Waals surface area contributed by atoms with Crippen molar-refractivity contribution in [2.75, 3.05) is 52.6 Å². The van der Waals surface area contributed by atoms with Crippen LogP contribution in [0, 0.1) is 34.5 Å². The van der Waals surface area contributed by atoms with Crippen molar-refractivity contribution in [3.05, 3.63) is 24.2 Å². The lowest BCUT2D eigenvalue weighted by molar-refractivity contribution is -0.183. The number of likely N-dealkylation sites (tertiary alicyclic amines) is 1. The van der Waals surface area contributed by atoms with Gasteiger partial charge in [0.15, 0.2) is 0 Å². The zero-order valence-corrected chi connectivity index (χ0v) is 24.7. The topological polar surface area (TPSA) is 70.1 Å². The van der Waals surface area contributed by atoms with Crippen LogP contribution in [0.4, 0.5) is 0 Å². The Balaban J connectivity index is 1.05. The van der Waals surface area contributed by atoms with Crippen LogP contribution in [0.1, 0.15) is 90.0 Å². The van der Waals surface area contributed by atoms with E-state index in [0.717, 1.165) is 50.5 Å². The molecule has 0 aromatic carbocycles. The van der Waals surface area contributed by atoms with Crippen molar-refractivity contribution in [1.29, 1.82) is 0 Å². The summed E-state index contributed by atoms with van der Waals surface area (Å²) in [5.41, 5.74) is 7.52. The minimum atomic E-state index is -0.255. The Morgan fingerprint density at radius 3 is 2.59 bits per heavy atom. The zero-order chi connectivity index (χ0) is 26.9. The molecule has 6 heteroatoms. The highest BCUT2D eigenvalue weighted by molar-refractivity contribution is 5.27. The minimum absolute atomic E-state index is 0.144. The fourth-order valence-corrected chi connectivity index (χ4v) is 10.5. The smallest absolute Gasteiger partial charge is 0.102 e. The number of fused-ring (bicyclic) bond motifs is 5. The standard InChI is InChI=1S/C33H54N2O4/c1-31-11-7-27(38-22-21-36-20-17-35-15-3-4-16-35)23-25(31)5-6-28-29(31)8-12-32(2)30(28)9-13-33(32,39-19-14-34)26-10-18-37-24-26/h10,18,24-25,27-30H,3-9,11-17,19-23,34H2,1-2H3/t25?,27?,28-,29-,30+,31+,32+,33?/m1/s1. The van der Waals surface area contributed by atoms with Crippen LogP contribution in [0.2, 0.25) is 0 Å². The summed E-state index contributed by atoms with van der Waals surface area (Å²) in [6.07, 6.45) is 18.3. The maximum atomic E-state index is 6.76. The van der Waals surface area contributed by atoms with Gasteiger partial charge in [0.25, 0.3) is 0 Å². The maximum Gasteiger partial charge on any atom is 0.102 e. The van der Waals surface area contributed by atoms with Gasteiger partial charge < -0.3 is 29.3 Å². The van der Waals surface area contributed by atoms with Crippen molar-refractivity contribution in [1.82, 2.24) is 4.90 Å². The quantitative estimate of drug-likeness (QED) is 0.346. The summed E-state index contributed by atoms with van der Waals surface area (Å²) >= 11 is 0. The Labute approximate surface area is 236 Å². The molecule has 2 heterocycles. The van der Waals surface area contributed by atoms with Gasteiger partial charge in [0, 0.05) is 24.1 Å². The van der Waals surface area contributed by atoms with Gasteiger partial charge in [-0.25, -0.2) is 0 Å². The number of hydrogen-bond donors (Lipinski definition) is 1. The van der Waals surface area contributed by atoms with Gasteiger partial charge in [-0.15, -0.1) is 0 Å². The normalized spacial score (nSPS) is 42.3. The largest absolute Gasteiger partial charge is 0.472 e. The summed E-state index contributed by atoms with van der Waals surface area (Å²) in [7, 11) is 0. The molecule has 6 nitrogen and oxygen atoms in total. The fourth-order valence-electron chi connectivity index (χ4n) is 10.5. The van der Waals surface area contributed by atoms with Crippen LogP contribution in [0.15, 0.2) is 23.0 Å². The Morgan fingerprint density at radius 2 is 1.79 bits per heavy atom. The molecule has 1 saturated heterocycles. The van der Waals surface area contributed by atoms with E-state index in [1.165, 1.54) is 82.9 Å². The zero-order valence-electron chi connectivity index (χ0n) is 24.7. The van der Waals surface area contributed by atoms with Gasteiger partial charge in [0.05, 0.1) is 45.1 Å². The van der Waals surface area contributed by atoms with Crippen LogP contribution >= 0.6 is 0 Å². The minimum Gasteiger partial charge on any atom is -0.472 e. The third kappa shape index (κ3) is 5.05. The van der Waals surface area contributed by atoms with E-state index >= 15 is 0 Å². The molecular formula is C33H54N2O4. The second kappa shape index (κ2) is 11.8. The number of nitrogens with zero attached hydrogens (tertiary/aromatic N) is 1. The molecule has 1 aliphatic heterocycles. The van der Waals surface area contributed by atoms with Gasteiger partial charge in [-0.1, -0.05) is 13.8 Å². The first-order chi connectivity index (χ1) is 19.0. The first-order valence-electron chi connectivity index (χ1n) is 16.3. The second-order valence-electron chi connectivity index (χ2n) is 14.1. The van der Waals surface area contributed by atoms with Crippen molar-refractivity contribution in [3.63, 3.8) is 0 Å². The number of nitrogens with two attached hydrogens (primary N) is 1. The van der Waals surface area contributed by atoms with E-state index < -0.39 is 0 Å². The third-order valence-electron chi connectivity index (χ3n) is 12.5. The SMILES string of the molecule is C[C@]12CCC(OCCOCCN3CCCC3)CC1CC[C@@H]1[C@H]2CC[C@@]2(C)[C@H]1CCC2(OCCN)c1ccoc1. The summed E-state index contributed by atoms with van der Waals surface area (Å²) in [6, 6.07) is 2.15. The van der Waals surface area contributed by atoms with Crippen LogP contribution in [0.25, 0.3) is 0 Å². The lowest BCUT2D eigenvalue weighted by atomic mass is 9.44. The summed E-state index contributed by atoms with van der Waals surface area (Å²) in [5, 5.41) is 0. The van der Waals surface area contributed by atoms with E-state index in [1.54, 1.807) is 0 Å². The van der Waals surface area contributed by atoms with E-state index in [2.05, 4.69) is 24.8 Å². The number of hydrogen-bond acceptors (Lipinski definition) is 6. The third-order valence-corrected chi connectivity index (χ3v) is 12.5. The first kappa shape index (κ1) is 28.2. The van der Waals surface area contributed by atoms with Crippen LogP contribution < -0.4 is 5.73 Å². The molecule has 4 aliphatic carbocycles. The molecule has 8 atom stereocenters. The van der Waals surface area contributed by atoms with E-state index in [1.807, 2.05) is 12.5 Å². The lowest BCUT2D eigenvalue weighted by Gasteiger charge is -2.62. The monoisotopic (exact) mass is 542 g/mol. The molecule has 39 heavy (non-hydrogen) atoms. The van der Waals surface area contributed by atoms with Gasteiger partial charge in [-0.3, -0.25) is 0 Å². The Morgan fingerprint density at radius 1 is 0.949 bits per heavy atom. The Hall–Kier alpha value is -0.920. The molecule has 3 unspecified atom stereocenters. The van der Waals surface area contributed by atoms with Crippen molar-refractivity contribution >= 4 is 0 Å². The van der Waals surface area contributed by atoms with Crippen molar-refractivity contribution in [3.8, 4) is 0 Å². The van der Waals surface area contributed by atoms with Gasteiger partial charge in [-0.2, -0.15) is 0 Å². The van der Waals surface area contributed by atoms with E-state index in [-0.39, 0.29) is 11.0 Å². The molecule has 4 saturated carbocycles. The molecule has 1 aromatic rings. The summed E-state index contributed by atoms with van der Waals surface area (Å²) < 4.78 is 24.7. The molecular weight excluding hydrogens is 488 g/mol. The summed E-state index contributed by atoms with van der Waals surface area (Å²) in [5.74, 6) is 3.15. The van der Waals surface area contributed by atoms with Crippen LogP contribution in [0.5, 0.6) is 0 Å². The molecule has 5 aliphatic rings. The van der Waals surface area contributed by atoms with E-state index in [9.17, 15) is 0 Å². The molecule has 0 radical (unpaired) electrons. The molecule has 0 amide bonds. The first-order valence-corrected chi connectivity index (χ1v) is 16.3. The van der Waals surface area contributed by atoms with Gasteiger partial charge in [-0.05, 0) is 119 Å². The molecule has 220 valence electrons. The number of ether oxygens (including phenoxy) is 3. The summed E-state index contributed by atoms with van der Waals surface area (Å²) in [4.78, 5) is 2.52. The van der Waals surface area contributed by atoms with E-state index in [0.29, 0.717) is 30.6 Å². The predicted octanol–water partition coefficient (Wildman–Crippen LogP) is 5.99. The number of rotatable bonds is 11. The highest BCUT2D eigenvalue weighted by atomic mass is 16.5. The van der Waals surface area contributed by atoms with Crippen LogP contribution in [-0.2, 0) is 19.8 Å².